The Labute approximate surface area is 240 Å². The van der Waals surface area contributed by atoms with Crippen LogP contribution >= 0.6 is 0 Å². The number of halogens is 3. The maximum atomic E-state index is 14.0. The van der Waals surface area contributed by atoms with Crippen LogP contribution in [0.15, 0.2) is 54.7 Å². The molecule has 0 spiro atoms. The summed E-state index contributed by atoms with van der Waals surface area (Å²) >= 11 is 0. The number of ether oxygens (including phenoxy) is 2. The van der Waals surface area contributed by atoms with Gasteiger partial charge in [0.2, 0.25) is 0 Å². The second-order valence-electron chi connectivity index (χ2n) is 10.8. The number of aromatic nitrogens is 1. The molecule has 1 aromatic heterocycles. The fourth-order valence-corrected chi connectivity index (χ4v) is 5.54. The second-order valence-corrected chi connectivity index (χ2v) is 10.8. The average molecular weight is 582 g/mol. The molecule has 12 heteroatoms. The Morgan fingerprint density at radius 1 is 1.02 bits per heavy atom. The molecular weight excluding hydrogens is 551 g/mol. The Morgan fingerprint density at radius 2 is 1.79 bits per heavy atom. The highest BCUT2D eigenvalue weighted by Crippen LogP contribution is 2.54. The van der Waals surface area contributed by atoms with E-state index in [4.69, 9.17) is 9.47 Å². The number of amides is 2. The monoisotopic (exact) mass is 581 g/mol. The lowest BCUT2D eigenvalue weighted by Gasteiger charge is -2.33. The van der Waals surface area contributed by atoms with Crippen LogP contribution in [0.4, 0.5) is 13.2 Å². The van der Waals surface area contributed by atoms with Crippen LogP contribution in [0, 0.1) is 0 Å². The van der Waals surface area contributed by atoms with Gasteiger partial charge in [-0.25, -0.2) is 0 Å². The highest BCUT2D eigenvalue weighted by atomic mass is 19.4. The third kappa shape index (κ3) is 5.64. The molecule has 1 saturated heterocycles. The van der Waals surface area contributed by atoms with Gasteiger partial charge < -0.3 is 25.0 Å². The molecule has 1 aliphatic carbocycles. The van der Waals surface area contributed by atoms with E-state index in [1.165, 1.54) is 31.4 Å². The van der Waals surface area contributed by atoms with Crippen molar-refractivity contribution in [3.05, 3.63) is 82.7 Å². The number of rotatable bonds is 7. The van der Waals surface area contributed by atoms with Crippen LogP contribution in [0.2, 0.25) is 0 Å². The molecule has 0 bridgehead atoms. The van der Waals surface area contributed by atoms with Crippen molar-refractivity contribution in [1.82, 2.24) is 25.4 Å². The minimum absolute atomic E-state index is 0.0451. The molecule has 9 nitrogen and oxygen atoms in total. The third-order valence-electron chi connectivity index (χ3n) is 7.95. The van der Waals surface area contributed by atoms with E-state index in [-0.39, 0.29) is 47.3 Å². The van der Waals surface area contributed by atoms with Gasteiger partial charge in [-0.1, -0.05) is 6.07 Å². The van der Waals surface area contributed by atoms with E-state index >= 15 is 0 Å². The zero-order valence-corrected chi connectivity index (χ0v) is 23.1. The number of alkyl halides is 3. The first-order valence-corrected chi connectivity index (χ1v) is 13.7. The maximum absolute atomic E-state index is 14.0. The molecule has 2 aromatic carbocycles. The molecule has 0 radical (unpaired) electrons. The molecule has 2 N–H and O–H groups in total. The summed E-state index contributed by atoms with van der Waals surface area (Å²) in [6.07, 6.45) is -3.41. The fourth-order valence-electron chi connectivity index (χ4n) is 5.54. The standard InChI is InChI=1S/C30H30F3N5O4/c1-34-29(40)23-15-20(7-8-35-23)41-19-5-6-24-21(14-19)25-26(27(25)42-24)36-28(39)17-3-4-18(22(13-17)30(31,32)33)16-38-11-9-37(2)10-12-38/h3-8,13-15,25-27H,9-12,16H2,1-2H3,(H,34,40)(H,36,39)/t25-,26+,27-/m0/s1. The lowest BCUT2D eigenvalue weighted by Crippen LogP contribution is -2.44. The van der Waals surface area contributed by atoms with Crippen LogP contribution in [0.5, 0.6) is 17.2 Å². The molecule has 3 atom stereocenters. The van der Waals surface area contributed by atoms with Crippen molar-refractivity contribution in [2.75, 3.05) is 40.3 Å². The first-order valence-electron chi connectivity index (χ1n) is 13.7. The van der Waals surface area contributed by atoms with E-state index in [0.29, 0.717) is 30.3 Å². The summed E-state index contributed by atoms with van der Waals surface area (Å²) in [5.74, 6) is 0.531. The van der Waals surface area contributed by atoms with Gasteiger partial charge in [0, 0.05) is 63.2 Å². The molecule has 2 amide bonds. The summed E-state index contributed by atoms with van der Waals surface area (Å²) in [6, 6.07) is 11.9. The Morgan fingerprint density at radius 3 is 2.52 bits per heavy atom. The number of nitrogens with one attached hydrogen (secondary N) is 2. The van der Waals surface area contributed by atoms with E-state index in [1.807, 2.05) is 11.9 Å². The van der Waals surface area contributed by atoms with Gasteiger partial charge in [0.15, 0.2) is 0 Å². The minimum Gasteiger partial charge on any atom is -0.487 e. The van der Waals surface area contributed by atoms with Crippen molar-refractivity contribution in [2.24, 2.45) is 0 Å². The zero-order valence-electron chi connectivity index (χ0n) is 23.1. The van der Waals surface area contributed by atoms with Crippen LogP contribution in [-0.2, 0) is 12.7 Å². The van der Waals surface area contributed by atoms with Gasteiger partial charge in [-0.15, -0.1) is 0 Å². The number of carbonyl (C=O) groups excluding carboxylic acids is 2. The highest BCUT2D eigenvalue weighted by Gasteiger charge is 2.59. The quantitative estimate of drug-likeness (QED) is 0.440. The van der Waals surface area contributed by atoms with Gasteiger partial charge >= 0.3 is 6.18 Å². The van der Waals surface area contributed by atoms with E-state index in [1.54, 1.807) is 24.3 Å². The molecule has 6 rings (SSSR count). The van der Waals surface area contributed by atoms with Crippen LogP contribution in [0.1, 0.15) is 43.5 Å². The molecule has 3 aliphatic rings. The molecule has 0 unspecified atom stereocenters. The molecule has 220 valence electrons. The summed E-state index contributed by atoms with van der Waals surface area (Å²) in [7, 11) is 3.50. The first-order chi connectivity index (χ1) is 20.1. The maximum Gasteiger partial charge on any atom is 0.416 e. The van der Waals surface area contributed by atoms with Crippen molar-refractivity contribution in [2.45, 2.75) is 30.8 Å². The van der Waals surface area contributed by atoms with E-state index in [2.05, 4.69) is 20.5 Å². The molecule has 42 heavy (non-hydrogen) atoms. The van der Waals surface area contributed by atoms with E-state index < -0.39 is 17.6 Å². The third-order valence-corrected chi connectivity index (χ3v) is 7.95. The molecular formula is C30H30F3N5O4. The Kier molecular flexibility index (Phi) is 7.27. The number of pyridine rings is 1. The predicted octanol–water partition coefficient (Wildman–Crippen LogP) is 3.66. The normalized spacial score (nSPS) is 21.6. The summed E-state index contributed by atoms with van der Waals surface area (Å²) in [5, 5.41) is 5.37. The summed E-state index contributed by atoms with van der Waals surface area (Å²) in [5.41, 5.74) is 0.376. The zero-order chi connectivity index (χ0) is 29.6. The fraction of sp³-hybridized carbons (Fsp3) is 0.367. The van der Waals surface area contributed by atoms with Gasteiger partial charge in [0.1, 0.15) is 29.0 Å². The number of nitrogens with zero attached hydrogens (tertiary/aromatic N) is 3. The van der Waals surface area contributed by atoms with Crippen molar-refractivity contribution >= 4 is 11.8 Å². The lowest BCUT2D eigenvalue weighted by molar-refractivity contribution is -0.138. The number of benzene rings is 2. The molecule has 2 fully saturated rings. The SMILES string of the molecule is CNC(=O)c1cc(Oc2ccc3c(c2)[C@H]2[C@@H](NC(=O)c4ccc(CN5CCN(C)CC5)c(C(F)(F)F)c4)[C@H]2O3)ccn1. The largest absolute Gasteiger partial charge is 0.487 e. The van der Waals surface area contributed by atoms with Crippen molar-refractivity contribution in [3.8, 4) is 17.2 Å². The number of likely N-dealkylation sites (N-methyl/N-ethyl adjacent to an activating group) is 1. The number of hydrogen-bond acceptors (Lipinski definition) is 7. The Bertz CT molecular complexity index is 1520. The summed E-state index contributed by atoms with van der Waals surface area (Å²) in [4.78, 5) is 33.1. The molecule has 1 saturated carbocycles. The van der Waals surface area contributed by atoms with Gasteiger partial charge in [0.25, 0.3) is 11.8 Å². The smallest absolute Gasteiger partial charge is 0.416 e. The van der Waals surface area contributed by atoms with Crippen LogP contribution in [-0.4, -0.2) is 79.0 Å². The first kappa shape index (κ1) is 28.0. The predicted molar refractivity (Wildman–Crippen MR) is 147 cm³/mol. The number of hydrogen-bond donors (Lipinski definition) is 2. The molecule has 3 heterocycles. The van der Waals surface area contributed by atoms with Gasteiger partial charge in [-0.2, -0.15) is 13.2 Å². The van der Waals surface area contributed by atoms with Crippen molar-refractivity contribution in [3.63, 3.8) is 0 Å². The van der Waals surface area contributed by atoms with Crippen LogP contribution in [0.3, 0.4) is 0 Å². The van der Waals surface area contributed by atoms with Crippen molar-refractivity contribution in [1.29, 1.82) is 0 Å². The lowest BCUT2D eigenvalue weighted by atomic mass is 10.0. The van der Waals surface area contributed by atoms with Gasteiger partial charge in [-0.05, 0) is 49.0 Å². The van der Waals surface area contributed by atoms with Gasteiger partial charge in [0.05, 0.1) is 17.5 Å². The Hall–Kier alpha value is -4.16. The van der Waals surface area contributed by atoms with Crippen LogP contribution in [0.25, 0.3) is 0 Å². The molecule has 3 aromatic rings. The van der Waals surface area contributed by atoms with E-state index in [0.717, 1.165) is 24.7 Å². The summed E-state index contributed by atoms with van der Waals surface area (Å²) < 4.78 is 53.9. The van der Waals surface area contributed by atoms with E-state index in [9.17, 15) is 22.8 Å². The second kappa shape index (κ2) is 10.9. The number of fused-ring (bicyclic) bond motifs is 3. The number of carbonyl (C=O) groups is 2. The highest BCUT2D eigenvalue weighted by molar-refractivity contribution is 5.95. The van der Waals surface area contributed by atoms with Crippen molar-refractivity contribution < 1.29 is 32.2 Å². The summed E-state index contributed by atoms with van der Waals surface area (Å²) in [6.45, 7) is 3.15. The van der Waals surface area contributed by atoms with Gasteiger partial charge in [-0.3, -0.25) is 19.5 Å². The Balaban J connectivity index is 1.13. The minimum atomic E-state index is -4.58. The molecule has 2 aliphatic heterocycles. The topological polar surface area (TPSA) is 96.0 Å². The average Bonchev–Trinajstić information content (AvgIpc) is 3.49. The number of piperazine rings is 1. The van der Waals surface area contributed by atoms with Crippen LogP contribution < -0.4 is 20.1 Å².